The molecule has 0 saturated carbocycles. The molecule has 0 aromatic heterocycles. The fourth-order valence-electron chi connectivity index (χ4n) is 5.58. The molecule has 3 aromatic rings. The Hall–Kier alpha value is -4.34. The number of hydrogen-bond donors (Lipinski definition) is 2. The molecular weight excluding hydrogens is 533 g/mol. The van der Waals surface area contributed by atoms with E-state index in [1.165, 1.54) is 0 Å². The number of carbonyl (C=O) groups excluding carboxylic acids is 3. The maximum Gasteiger partial charge on any atom is 0.406 e. The van der Waals surface area contributed by atoms with Gasteiger partial charge >= 0.3 is 12.2 Å². The summed E-state index contributed by atoms with van der Waals surface area (Å²) in [6, 6.07) is 22.9. The highest BCUT2D eigenvalue weighted by molar-refractivity contribution is 5.96. The molecule has 0 unspecified atom stereocenters. The summed E-state index contributed by atoms with van der Waals surface area (Å²) in [5.74, 6) is -1.66. The summed E-state index contributed by atoms with van der Waals surface area (Å²) in [7, 11) is 0. The Balaban J connectivity index is 1.17. The van der Waals surface area contributed by atoms with Crippen LogP contribution in [0.5, 0.6) is 0 Å². The number of benzene rings is 3. The van der Waals surface area contributed by atoms with Crippen LogP contribution >= 0.6 is 0 Å². The first kappa shape index (κ1) is 28.2. The van der Waals surface area contributed by atoms with E-state index < -0.39 is 30.6 Å². The van der Waals surface area contributed by atoms with Crippen LogP contribution in [0.4, 0.5) is 18.0 Å². The number of piperidine rings is 1. The molecule has 1 aliphatic carbocycles. The van der Waals surface area contributed by atoms with Crippen LogP contribution < -0.4 is 10.6 Å². The molecule has 0 spiro atoms. The monoisotopic (exact) mass is 564 g/mol. The maximum absolute atomic E-state index is 13.6. The number of fused-ring (bicyclic) bond motifs is 3. The zero-order valence-corrected chi connectivity index (χ0v) is 22.4. The molecule has 10 heteroatoms. The van der Waals surface area contributed by atoms with E-state index in [9.17, 15) is 27.6 Å². The average Bonchev–Trinajstić information content (AvgIpc) is 3.31. The highest BCUT2D eigenvalue weighted by Crippen LogP contribution is 2.45. The van der Waals surface area contributed by atoms with Crippen molar-refractivity contribution in [1.82, 2.24) is 20.4 Å². The number of nitrogens with one attached hydrogen (secondary N) is 2. The first-order chi connectivity index (χ1) is 19.7. The molecule has 0 bridgehead atoms. The summed E-state index contributed by atoms with van der Waals surface area (Å²) in [4.78, 5) is 41.2. The van der Waals surface area contributed by atoms with Crippen molar-refractivity contribution in [3.05, 3.63) is 95.6 Å². The van der Waals surface area contributed by atoms with Crippen LogP contribution in [0, 0.1) is 0 Å². The van der Waals surface area contributed by atoms with E-state index in [2.05, 4.69) is 10.6 Å². The van der Waals surface area contributed by atoms with Crippen molar-refractivity contribution in [1.29, 1.82) is 0 Å². The first-order valence-electron chi connectivity index (χ1n) is 13.6. The van der Waals surface area contributed by atoms with E-state index in [-0.39, 0.29) is 25.0 Å². The number of urea groups is 1. The second-order valence-corrected chi connectivity index (χ2v) is 10.3. The predicted molar refractivity (Wildman–Crippen MR) is 148 cm³/mol. The third-order valence-corrected chi connectivity index (χ3v) is 7.57. The van der Waals surface area contributed by atoms with Crippen LogP contribution in [-0.4, -0.2) is 72.6 Å². The van der Waals surface area contributed by atoms with Gasteiger partial charge in [0.2, 0.25) is 5.91 Å². The molecule has 1 heterocycles. The summed E-state index contributed by atoms with van der Waals surface area (Å²) >= 11 is 0. The van der Waals surface area contributed by atoms with Gasteiger partial charge in [-0.25, -0.2) is 4.79 Å². The van der Waals surface area contributed by atoms with E-state index in [4.69, 9.17) is 0 Å². The first-order valence-corrected chi connectivity index (χ1v) is 13.6. The molecule has 7 nitrogen and oxygen atoms in total. The van der Waals surface area contributed by atoms with Crippen molar-refractivity contribution in [2.75, 3.05) is 32.7 Å². The Morgan fingerprint density at radius 2 is 1.39 bits per heavy atom. The summed E-state index contributed by atoms with van der Waals surface area (Å²) in [6.45, 7) is -1.02. The summed E-state index contributed by atoms with van der Waals surface area (Å²) in [6.07, 6.45) is -3.47. The number of alkyl halides is 3. The number of hydrogen-bond acceptors (Lipinski definition) is 3. The lowest BCUT2D eigenvalue weighted by molar-refractivity contribution is -0.161. The Kier molecular flexibility index (Phi) is 8.28. The van der Waals surface area contributed by atoms with E-state index in [0.717, 1.165) is 16.0 Å². The van der Waals surface area contributed by atoms with Crippen LogP contribution in [0.1, 0.15) is 40.2 Å². The fourth-order valence-corrected chi connectivity index (χ4v) is 5.58. The van der Waals surface area contributed by atoms with E-state index >= 15 is 0 Å². The van der Waals surface area contributed by atoms with Gasteiger partial charge in [-0.15, -0.1) is 0 Å². The van der Waals surface area contributed by atoms with Gasteiger partial charge in [0.15, 0.2) is 0 Å². The number of nitrogens with zero attached hydrogens (tertiary/aromatic N) is 2. The average molecular weight is 565 g/mol. The zero-order valence-electron chi connectivity index (χ0n) is 22.4. The van der Waals surface area contributed by atoms with Gasteiger partial charge < -0.3 is 20.4 Å². The van der Waals surface area contributed by atoms with E-state index in [1.807, 2.05) is 30.3 Å². The minimum absolute atomic E-state index is 0.0798. The van der Waals surface area contributed by atoms with Crippen molar-refractivity contribution in [3.63, 3.8) is 0 Å². The molecule has 41 heavy (non-hydrogen) atoms. The second kappa shape index (κ2) is 12.0. The third-order valence-electron chi connectivity index (χ3n) is 7.57. The number of likely N-dealkylation sites (tertiary alicyclic amines) is 1. The van der Waals surface area contributed by atoms with Gasteiger partial charge in [-0.2, -0.15) is 13.2 Å². The molecule has 1 aliphatic heterocycles. The normalized spacial score (nSPS) is 15.1. The maximum atomic E-state index is 13.6. The smallest absolute Gasteiger partial charge is 0.349 e. The van der Waals surface area contributed by atoms with Gasteiger partial charge in [0.1, 0.15) is 6.54 Å². The highest BCUT2D eigenvalue weighted by Gasteiger charge is 2.40. The lowest BCUT2D eigenvalue weighted by Crippen LogP contribution is -2.51. The summed E-state index contributed by atoms with van der Waals surface area (Å²) in [5, 5.41) is 5.65. The molecule has 4 amide bonds. The van der Waals surface area contributed by atoms with Gasteiger partial charge in [-0.3, -0.25) is 9.59 Å². The molecule has 0 atom stereocenters. The van der Waals surface area contributed by atoms with Crippen molar-refractivity contribution in [2.24, 2.45) is 0 Å². The quantitative estimate of drug-likeness (QED) is 0.433. The van der Waals surface area contributed by atoms with Crippen LogP contribution in [-0.2, 0) is 4.79 Å². The summed E-state index contributed by atoms with van der Waals surface area (Å²) in [5.41, 5.74) is 3.60. The molecule has 0 radical (unpaired) electrons. The number of rotatable bonds is 7. The van der Waals surface area contributed by atoms with Gasteiger partial charge in [0, 0.05) is 37.8 Å². The van der Waals surface area contributed by atoms with Gasteiger partial charge in [-0.05, 0) is 47.2 Å². The fraction of sp³-hybridized carbons (Fsp3) is 0.323. The molecule has 2 aliphatic rings. The minimum Gasteiger partial charge on any atom is -0.349 e. The second-order valence-electron chi connectivity index (χ2n) is 10.3. The van der Waals surface area contributed by atoms with E-state index in [1.54, 1.807) is 53.4 Å². The minimum atomic E-state index is -4.59. The standard InChI is InChI=1S/C31H31F3N4O3/c32-31(33,34)20-38(29(40)27-25-12-6-4-10-23(25)24-11-5-7-13-26(24)27)19-16-35-30(41)37-17-14-22(15-18-37)36-28(39)21-8-2-1-3-9-21/h1-13,22,27H,14-20H2,(H,35,41)(H,36,39). The number of halogens is 3. The largest absolute Gasteiger partial charge is 0.406 e. The van der Waals surface area contributed by atoms with Gasteiger partial charge in [0.25, 0.3) is 5.91 Å². The van der Waals surface area contributed by atoms with Crippen molar-refractivity contribution in [3.8, 4) is 11.1 Å². The van der Waals surface area contributed by atoms with Crippen LogP contribution in [0.25, 0.3) is 11.1 Å². The molecule has 5 rings (SSSR count). The molecule has 1 fully saturated rings. The third kappa shape index (κ3) is 6.53. The summed E-state index contributed by atoms with van der Waals surface area (Å²) < 4.78 is 40.6. The van der Waals surface area contributed by atoms with Crippen LogP contribution in [0.15, 0.2) is 78.9 Å². The highest BCUT2D eigenvalue weighted by atomic mass is 19.4. The molecule has 214 valence electrons. The van der Waals surface area contributed by atoms with E-state index in [0.29, 0.717) is 42.6 Å². The van der Waals surface area contributed by atoms with Gasteiger partial charge in [-0.1, -0.05) is 66.7 Å². The SMILES string of the molecule is O=C(NC1CCN(C(=O)NCCN(CC(F)(F)F)C(=O)C2c3ccccc3-c3ccccc32)CC1)c1ccccc1. The molecule has 2 N–H and O–H groups in total. The Bertz CT molecular complexity index is 1360. The zero-order chi connectivity index (χ0) is 29.0. The molecule has 3 aromatic carbocycles. The lowest BCUT2D eigenvalue weighted by atomic mass is 9.95. The molecular formula is C31H31F3N4O3. The molecule has 1 saturated heterocycles. The van der Waals surface area contributed by atoms with Gasteiger partial charge in [0.05, 0.1) is 5.92 Å². The Morgan fingerprint density at radius 1 is 0.829 bits per heavy atom. The van der Waals surface area contributed by atoms with Crippen LogP contribution in [0.2, 0.25) is 0 Å². The topological polar surface area (TPSA) is 81.8 Å². The lowest BCUT2D eigenvalue weighted by Gasteiger charge is -2.33. The van der Waals surface area contributed by atoms with Crippen LogP contribution in [0.3, 0.4) is 0 Å². The Labute approximate surface area is 236 Å². The predicted octanol–water partition coefficient (Wildman–Crippen LogP) is 4.79. The van der Waals surface area contributed by atoms with Crippen molar-refractivity contribution >= 4 is 17.8 Å². The number of amides is 4. The van der Waals surface area contributed by atoms with Crippen molar-refractivity contribution < 1.29 is 27.6 Å². The number of carbonyl (C=O) groups is 3. The Morgan fingerprint density at radius 3 is 1.98 bits per heavy atom. The van der Waals surface area contributed by atoms with Crippen molar-refractivity contribution in [2.45, 2.75) is 31.0 Å².